The van der Waals surface area contributed by atoms with E-state index in [1.165, 1.54) is 12.1 Å². The minimum Gasteiger partial charge on any atom is -0.338 e. The molecule has 1 aromatic rings. The van der Waals surface area contributed by atoms with E-state index in [1.807, 2.05) is 20.8 Å². The summed E-state index contributed by atoms with van der Waals surface area (Å²) < 4.78 is 0. The van der Waals surface area contributed by atoms with Crippen molar-refractivity contribution in [2.24, 2.45) is 11.1 Å². The van der Waals surface area contributed by atoms with Gasteiger partial charge in [0.15, 0.2) is 0 Å². The van der Waals surface area contributed by atoms with Crippen molar-refractivity contribution in [3.8, 4) is 0 Å². The van der Waals surface area contributed by atoms with E-state index in [2.05, 4.69) is 0 Å². The Bertz CT molecular complexity index is 527. The van der Waals surface area contributed by atoms with Gasteiger partial charge in [0.25, 0.3) is 5.69 Å². The molecule has 0 aromatic heterocycles. The number of hydrogen-bond donors (Lipinski definition) is 1. The van der Waals surface area contributed by atoms with Crippen LogP contribution in [0.15, 0.2) is 24.3 Å². The molecular formula is C15H23N3O3. The van der Waals surface area contributed by atoms with E-state index < -0.39 is 10.3 Å². The summed E-state index contributed by atoms with van der Waals surface area (Å²) in [4.78, 5) is 24.6. The number of non-ortho nitro benzene ring substituents is 1. The Labute approximate surface area is 125 Å². The lowest BCUT2D eigenvalue weighted by Gasteiger charge is -2.34. The molecule has 6 heteroatoms. The van der Waals surface area contributed by atoms with Crippen LogP contribution in [0.4, 0.5) is 5.69 Å². The highest BCUT2D eigenvalue weighted by atomic mass is 16.6. The van der Waals surface area contributed by atoms with Gasteiger partial charge in [-0.05, 0) is 25.8 Å². The second kappa shape index (κ2) is 6.67. The zero-order chi connectivity index (χ0) is 16.2. The molecule has 2 atom stereocenters. The molecule has 0 saturated carbocycles. The summed E-state index contributed by atoms with van der Waals surface area (Å²) in [7, 11) is 1.70. The maximum Gasteiger partial charge on any atom is 0.269 e. The summed E-state index contributed by atoms with van der Waals surface area (Å²) in [6.45, 7) is 5.89. The van der Waals surface area contributed by atoms with Crippen LogP contribution in [0.5, 0.6) is 0 Å². The van der Waals surface area contributed by atoms with Crippen LogP contribution < -0.4 is 5.73 Å². The number of carbonyl (C=O) groups excluding carboxylic acids is 1. The lowest BCUT2D eigenvalue weighted by atomic mass is 9.85. The fourth-order valence-electron chi connectivity index (χ4n) is 2.11. The molecule has 0 aliphatic rings. The van der Waals surface area contributed by atoms with Crippen molar-refractivity contribution < 1.29 is 9.72 Å². The Kier molecular flexibility index (Phi) is 5.43. The first-order chi connectivity index (χ1) is 9.76. The van der Waals surface area contributed by atoms with E-state index in [1.54, 1.807) is 24.1 Å². The maximum atomic E-state index is 12.6. The molecule has 21 heavy (non-hydrogen) atoms. The van der Waals surface area contributed by atoms with Crippen LogP contribution in [-0.2, 0) is 4.79 Å². The molecule has 0 bridgehead atoms. The van der Waals surface area contributed by atoms with Gasteiger partial charge in [-0.15, -0.1) is 0 Å². The van der Waals surface area contributed by atoms with Gasteiger partial charge in [-0.3, -0.25) is 14.9 Å². The Hall–Kier alpha value is -1.95. The second-order valence-electron chi connectivity index (χ2n) is 5.56. The molecule has 1 rings (SSSR count). The van der Waals surface area contributed by atoms with E-state index in [0.717, 1.165) is 5.56 Å². The summed E-state index contributed by atoms with van der Waals surface area (Å²) in [5.41, 5.74) is 5.87. The van der Waals surface area contributed by atoms with Gasteiger partial charge in [-0.2, -0.15) is 0 Å². The monoisotopic (exact) mass is 293 g/mol. The number of amides is 1. The van der Waals surface area contributed by atoms with E-state index in [9.17, 15) is 14.9 Å². The van der Waals surface area contributed by atoms with Crippen LogP contribution in [0.1, 0.15) is 38.8 Å². The van der Waals surface area contributed by atoms with Gasteiger partial charge >= 0.3 is 0 Å². The number of nitrogens with two attached hydrogens (primary N) is 1. The molecule has 116 valence electrons. The number of nitro benzene ring substituents is 1. The second-order valence-corrected chi connectivity index (χ2v) is 5.56. The summed E-state index contributed by atoms with van der Waals surface area (Å²) in [6.07, 6.45) is 0.647. The molecule has 0 spiro atoms. The molecule has 1 aromatic carbocycles. The van der Waals surface area contributed by atoms with Crippen molar-refractivity contribution in [1.29, 1.82) is 0 Å². The van der Waals surface area contributed by atoms with Crippen LogP contribution in [0.2, 0.25) is 0 Å². The molecule has 0 fully saturated rings. The van der Waals surface area contributed by atoms with Gasteiger partial charge in [0.2, 0.25) is 5.91 Å². The van der Waals surface area contributed by atoms with E-state index in [0.29, 0.717) is 6.42 Å². The van der Waals surface area contributed by atoms with Crippen molar-refractivity contribution in [3.63, 3.8) is 0 Å². The molecule has 0 aliphatic heterocycles. The summed E-state index contributed by atoms with van der Waals surface area (Å²) in [6, 6.07) is 6.10. The number of benzene rings is 1. The smallest absolute Gasteiger partial charge is 0.269 e. The zero-order valence-corrected chi connectivity index (χ0v) is 13.0. The first-order valence-electron chi connectivity index (χ1n) is 6.98. The summed E-state index contributed by atoms with van der Waals surface area (Å²) in [5, 5.41) is 10.8. The van der Waals surface area contributed by atoms with Crippen molar-refractivity contribution in [1.82, 2.24) is 4.90 Å². The fourth-order valence-corrected chi connectivity index (χ4v) is 2.11. The van der Waals surface area contributed by atoms with Crippen LogP contribution in [0.3, 0.4) is 0 Å². The first-order valence-corrected chi connectivity index (χ1v) is 6.98. The summed E-state index contributed by atoms with van der Waals surface area (Å²) >= 11 is 0. The molecule has 1 amide bonds. The number of rotatable bonds is 6. The molecule has 6 nitrogen and oxygen atoms in total. The van der Waals surface area contributed by atoms with Crippen LogP contribution in [0, 0.1) is 15.5 Å². The van der Waals surface area contributed by atoms with Gasteiger partial charge in [0, 0.05) is 25.7 Å². The van der Waals surface area contributed by atoms with Crippen LogP contribution >= 0.6 is 0 Å². The van der Waals surface area contributed by atoms with Crippen LogP contribution in [-0.4, -0.2) is 29.3 Å². The maximum absolute atomic E-state index is 12.6. The van der Waals surface area contributed by atoms with E-state index in [4.69, 9.17) is 5.73 Å². The van der Waals surface area contributed by atoms with Gasteiger partial charge in [0.1, 0.15) is 0 Å². The Morgan fingerprint density at radius 1 is 1.52 bits per heavy atom. The SMILES string of the molecule is CCC(C)(CN)C(=O)N(C)C(C)c1cccc([N+](=O)[O-])c1. The highest BCUT2D eigenvalue weighted by molar-refractivity contribution is 5.82. The highest BCUT2D eigenvalue weighted by Crippen LogP contribution is 2.29. The Morgan fingerprint density at radius 3 is 2.62 bits per heavy atom. The molecular weight excluding hydrogens is 270 g/mol. The number of nitrogens with zero attached hydrogens (tertiary/aromatic N) is 2. The number of hydrogen-bond acceptors (Lipinski definition) is 4. The largest absolute Gasteiger partial charge is 0.338 e. The van der Waals surface area contributed by atoms with Gasteiger partial charge in [-0.1, -0.05) is 19.1 Å². The average molecular weight is 293 g/mol. The van der Waals surface area contributed by atoms with Crippen molar-refractivity contribution in [3.05, 3.63) is 39.9 Å². The predicted molar refractivity (Wildman–Crippen MR) is 81.7 cm³/mol. The van der Waals surface area contributed by atoms with Gasteiger partial charge in [-0.25, -0.2) is 0 Å². The zero-order valence-electron chi connectivity index (χ0n) is 13.0. The standard InChI is InChI=1S/C15H23N3O3/c1-5-15(3,10-16)14(19)17(4)11(2)12-7-6-8-13(9-12)18(20)21/h6-9,11H,5,10,16H2,1-4H3. The number of nitro groups is 1. The molecule has 2 unspecified atom stereocenters. The molecule has 0 aliphatic carbocycles. The quantitative estimate of drug-likeness (QED) is 0.644. The summed E-state index contributed by atoms with van der Waals surface area (Å²) in [5.74, 6) is -0.0495. The van der Waals surface area contributed by atoms with Gasteiger partial charge in [0.05, 0.1) is 16.4 Å². The van der Waals surface area contributed by atoms with Gasteiger partial charge < -0.3 is 10.6 Å². The lowest BCUT2D eigenvalue weighted by Crippen LogP contribution is -2.45. The van der Waals surface area contributed by atoms with E-state index >= 15 is 0 Å². The van der Waals surface area contributed by atoms with Crippen LogP contribution in [0.25, 0.3) is 0 Å². The average Bonchev–Trinajstić information content (AvgIpc) is 2.51. The third-order valence-electron chi connectivity index (χ3n) is 4.21. The third-order valence-corrected chi connectivity index (χ3v) is 4.21. The van der Waals surface area contributed by atoms with Crippen molar-refractivity contribution in [2.75, 3.05) is 13.6 Å². The molecule has 0 radical (unpaired) electrons. The molecule has 2 N–H and O–H groups in total. The highest BCUT2D eigenvalue weighted by Gasteiger charge is 2.34. The van der Waals surface area contributed by atoms with Crippen molar-refractivity contribution >= 4 is 11.6 Å². The third kappa shape index (κ3) is 3.58. The minimum absolute atomic E-state index is 0.0253. The predicted octanol–water partition coefficient (Wildman–Crippen LogP) is 2.49. The first kappa shape index (κ1) is 17.1. The molecule has 0 heterocycles. The van der Waals surface area contributed by atoms with Crippen molar-refractivity contribution in [2.45, 2.75) is 33.2 Å². The Balaban J connectivity index is 3.02. The minimum atomic E-state index is -0.607. The Morgan fingerprint density at radius 2 is 2.14 bits per heavy atom. The normalized spacial score (nSPS) is 15.1. The van der Waals surface area contributed by atoms with E-state index in [-0.39, 0.29) is 24.2 Å². The fraction of sp³-hybridized carbons (Fsp3) is 0.533. The lowest BCUT2D eigenvalue weighted by molar-refractivity contribution is -0.384. The topological polar surface area (TPSA) is 89.5 Å². The number of carbonyl (C=O) groups is 1. The molecule has 0 saturated heterocycles.